The maximum Gasteiger partial charge on any atom is 0.287 e. The molecular formula is C13H21N3O2. The van der Waals surface area contributed by atoms with E-state index in [0.717, 1.165) is 0 Å². The van der Waals surface area contributed by atoms with E-state index in [4.69, 9.17) is 10.2 Å². The molecule has 0 spiro atoms. The number of likely N-dealkylation sites (N-methyl/N-ethyl adjacent to an activating group) is 1. The number of hydrogen-bond acceptors (Lipinski definition) is 4. The molecule has 5 nitrogen and oxygen atoms in total. The van der Waals surface area contributed by atoms with E-state index in [1.807, 2.05) is 0 Å². The topological polar surface area (TPSA) is 71.5 Å². The van der Waals surface area contributed by atoms with Crippen molar-refractivity contribution in [3.05, 3.63) is 23.7 Å². The van der Waals surface area contributed by atoms with Gasteiger partial charge in [0.15, 0.2) is 5.76 Å². The summed E-state index contributed by atoms with van der Waals surface area (Å²) in [6, 6.07) is 4.43. The van der Waals surface area contributed by atoms with Gasteiger partial charge in [-0.25, -0.2) is 0 Å². The monoisotopic (exact) mass is 251 g/mol. The minimum absolute atomic E-state index is 0.175. The molecule has 1 aliphatic carbocycles. The Labute approximate surface area is 107 Å². The average molecular weight is 251 g/mol. The van der Waals surface area contributed by atoms with E-state index in [0.29, 0.717) is 36.7 Å². The molecule has 1 aliphatic rings. The van der Waals surface area contributed by atoms with Crippen LogP contribution in [0.5, 0.6) is 0 Å². The SMILES string of the molecule is CC(CNC(=O)c1ccc(CN)o1)N(C)C1CC1. The Morgan fingerprint density at radius 1 is 1.61 bits per heavy atom. The van der Waals surface area contributed by atoms with Gasteiger partial charge in [0.25, 0.3) is 5.91 Å². The molecule has 0 bridgehead atoms. The summed E-state index contributed by atoms with van der Waals surface area (Å²) in [7, 11) is 2.11. The van der Waals surface area contributed by atoms with E-state index in [-0.39, 0.29) is 5.91 Å². The third-order valence-electron chi connectivity index (χ3n) is 3.46. The van der Waals surface area contributed by atoms with Gasteiger partial charge in [-0.2, -0.15) is 0 Å². The van der Waals surface area contributed by atoms with Gasteiger partial charge in [0.1, 0.15) is 5.76 Å². The van der Waals surface area contributed by atoms with Crippen LogP contribution in [-0.2, 0) is 6.54 Å². The predicted octanol–water partition coefficient (Wildman–Crippen LogP) is 0.951. The van der Waals surface area contributed by atoms with Crippen molar-refractivity contribution < 1.29 is 9.21 Å². The lowest BCUT2D eigenvalue weighted by Gasteiger charge is -2.24. The maximum atomic E-state index is 11.8. The van der Waals surface area contributed by atoms with Crippen LogP contribution in [0.25, 0.3) is 0 Å². The fraction of sp³-hybridized carbons (Fsp3) is 0.615. The van der Waals surface area contributed by atoms with Gasteiger partial charge in [-0.1, -0.05) is 0 Å². The second kappa shape index (κ2) is 5.54. The van der Waals surface area contributed by atoms with Gasteiger partial charge in [0.2, 0.25) is 0 Å². The minimum Gasteiger partial charge on any atom is -0.455 e. The zero-order valence-electron chi connectivity index (χ0n) is 11.0. The fourth-order valence-corrected chi connectivity index (χ4v) is 1.92. The zero-order valence-corrected chi connectivity index (χ0v) is 11.0. The summed E-state index contributed by atoms with van der Waals surface area (Å²) in [6.07, 6.45) is 2.54. The number of nitrogens with two attached hydrogens (primary N) is 1. The van der Waals surface area contributed by atoms with Gasteiger partial charge in [0, 0.05) is 18.6 Å². The minimum atomic E-state index is -0.175. The molecule has 0 radical (unpaired) electrons. The van der Waals surface area contributed by atoms with Gasteiger partial charge in [-0.15, -0.1) is 0 Å². The number of nitrogens with one attached hydrogen (secondary N) is 1. The second-order valence-corrected chi connectivity index (χ2v) is 4.93. The lowest BCUT2D eigenvalue weighted by Crippen LogP contribution is -2.41. The largest absolute Gasteiger partial charge is 0.455 e. The maximum absolute atomic E-state index is 11.8. The van der Waals surface area contributed by atoms with Gasteiger partial charge in [0.05, 0.1) is 6.54 Å². The summed E-state index contributed by atoms with van der Waals surface area (Å²) in [5, 5.41) is 2.88. The molecule has 0 aliphatic heterocycles. The Morgan fingerprint density at radius 3 is 2.89 bits per heavy atom. The normalized spacial score (nSPS) is 16.9. The molecule has 100 valence electrons. The van der Waals surface area contributed by atoms with Gasteiger partial charge >= 0.3 is 0 Å². The quantitative estimate of drug-likeness (QED) is 0.789. The summed E-state index contributed by atoms with van der Waals surface area (Å²) in [4.78, 5) is 14.1. The van der Waals surface area contributed by atoms with E-state index >= 15 is 0 Å². The molecule has 0 aromatic carbocycles. The van der Waals surface area contributed by atoms with Crippen LogP contribution in [0.2, 0.25) is 0 Å². The van der Waals surface area contributed by atoms with Crippen molar-refractivity contribution in [2.75, 3.05) is 13.6 Å². The number of rotatable bonds is 6. The smallest absolute Gasteiger partial charge is 0.287 e. The number of hydrogen-bond donors (Lipinski definition) is 2. The average Bonchev–Trinajstić information content (AvgIpc) is 3.12. The molecule has 1 saturated carbocycles. The standard InChI is InChI=1S/C13H21N3O2/c1-9(16(2)10-3-4-10)8-15-13(17)12-6-5-11(7-14)18-12/h5-6,9-10H,3-4,7-8,14H2,1-2H3,(H,15,17). The van der Waals surface area contributed by atoms with E-state index in [1.54, 1.807) is 12.1 Å². The highest BCUT2D eigenvalue weighted by molar-refractivity contribution is 5.91. The molecule has 5 heteroatoms. The second-order valence-electron chi connectivity index (χ2n) is 4.93. The van der Waals surface area contributed by atoms with Crippen molar-refractivity contribution in [1.82, 2.24) is 10.2 Å². The molecule has 1 amide bonds. The fourth-order valence-electron chi connectivity index (χ4n) is 1.92. The summed E-state index contributed by atoms with van der Waals surface area (Å²) < 4.78 is 5.30. The molecule has 1 atom stereocenters. The molecule has 1 heterocycles. The zero-order chi connectivity index (χ0) is 13.1. The Hall–Kier alpha value is -1.33. The Kier molecular flexibility index (Phi) is 4.04. The van der Waals surface area contributed by atoms with Crippen molar-refractivity contribution in [3.63, 3.8) is 0 Å². The lowest BCUT2D eigenvalue weighted by molar-refractivity contribution is 0.0910. The molecule has 1 aromatic rings. The van der Waals surface area contributed by atoms with Gasteiger partial charge in [-0.3, -0.25) is 9.69 Å². The van der Waals surface area contributed by atoms with Gasteiger partial charge in [-0.05, 0) is 38.9 Å². The molecule has 1 fully saturated rings. The summed E-state index contributed by atoms with van der Waals surface area (Å²) >= 11 is 0. The summed E-state index contributed by atoms with van der Waals surface area (Å²) in [5.74, 6) is 0.783. The van der Waals surface area contributed by atoms with E-state index < -0.39 is 0 Å². The van der Waals surface area contributed by atoms with Crippen molar-refractivity contribution in [1.29, 1.82) is 0 Å². The van der Waals surface area contributed by atoms with Crippen LogP contribution >= 0.6 is 0 Å². The first-order valence-electron chi connectivity index (χ1n) is 6.40. The number of carbonyl (C=O) groups is 1. The number of furan rings is 1. The van der Waals surface area contributed by atoms with E-state index in [1.165, 1.54) is 12.8 Å². The summed E-state index contributed by atoms with van der Waals surface area (Å²) in [5.41, 5.74) is 5.43. The molecule has 3 N–H and O–H groups in total. The number of nitrogens with zero attached hydrogens (tertiary/aromatic N) is 1. The lowest BCUT2D eigenvalue weighted by atomic mass is 10.3. The first kappa shape index (κ1) is 13.1. The van der Waals surface area contributed by atoms with Crippen LogP contribution in [0.15, 0.2) is 16.5 Å². The Morgan fingerprint density at radius 2 is 2.33 bits per heavy atom. The molecular weight excluding hydrogens is 230 g/mol. The Bertz CT molecular complexity index is 412. The molecule has 1 unspecified atom stereocenters. The van der Waals surface area contributed by atoms with Crippen LogP contribution in [0, 0.1) is 0 Å². The van der Waals surface area contributed by atoms with Crippen LogP contribution in [0.1, 0.15) is 36.1 Å². The molecule has 18 heavy (non-hydrogen) atoms. The predicted molar refractivity (Wildman–Crippen MR) is 69.2 cm³/mol. The molecule has 1 aromatic heterocycles. The highest BCUT2D eigenvalue weighted by Crippen LogP contribution is 2.26. The van der Waals surface area contributed by atoms with Crippen LogP contribution < -0.4 is 11.1 Å². The van der Waals surface area contributed by atoms with Crippen molar-refractivity contribution in [2.45, 2.75) is 38.4 Å². The first-order chi connectivity index (χ1) is 8.61. The summed E-state index contributed by atoms with van der Waals surface area (Å²) in [6.45, 7) is 3.06. The number of carbonyl (C=O) groups excluding carboxylic acids is 1. The Balaban J connectivity index is 1.80. The third-order valence-corrected chi connectivity index (χ3v) is 3.46. The number of amides is 1. The van der Waals surface area contributed by atoms with Crippen LogP contribution in [0.3, 0.4) is 0 Å². The highest BCUT2D eigenvalue weighted by Gasteiger charge is 2.29. The third kappa shape index (κ3) is 3.11. The van der Waals surface area contributed by atoms with E-state index in [2.05, 4.69) is 24.2 Å². The van der Waals surface area contributed by atoms with Gasteiger partial charge < -0.3 is 15.5 Å². The van der Waals surface area contributed by atoms with E-state index in [9.17, 15) is 4.79 Å². The van der Waals surface area contributed by atoms with Crippen molar-refractivity contribution in [2.24, 2.45) is 5.73 Å². The first-order valence-corrected chi connectivity index (χ1v) is 6.40. The van der Waals surface area contributed by atoms with Crippen LogP contribution in [0.4, 0.5) is 0 Å². The molecule has 0 saturated heterocycles. The van der Waals surface area contributed by atoms with Crippen molar-refractivity contribution in [3.8, 4) is 0 Å². The highest BCUT2D eigenvalue weighted by atomic mass is 16.4. The van der Waals surface area contributed by atoms with Crippen LogP contribution in [-0.4, -0.2) is 36.5 Å². The van der Waals surface area contributed by atoms with Crippen molar-refractivity contribution >= 4 is 5.91 Å². The molecule has 2 rings (SSSR count).